The van der Waals surface area contributed by atoms with Gasteiger partial charge in [0.2, 0.25) is 22.1 Å². The van der Waals surface area contributed by atoms with Crippen molar-refractivity contribution in [3.8, 4) is 11.5 Å². The zero-order valence-electron chi connectivity index (χ0n) is 41.6. The number of unbranched alkanes of at least 4 members (excludes halogenated alkanes) is 11. The smallest absolute Gasteiger partial charge is 0.412 e. The molecule has 1 aromatic heterocycles. The topological polar surface area (TPSA) is 178 Å². The number of amides is 1. The van der Waals surface area contributed by atoms with Gasteiger partial charge in [0.25, 0.3) is 0 Å². The summed E-state index contributed by atoms with van der Waals surface area (Å²) in [5.74, 6) is -1.90. The predicted molar refractivity (Wildman–Crippen MR) is 272 cm³/mol. The van der Waals surface area contributed by atoms with Crippen molar-refractivity contribution in [1.29, 1.82) is 0 Å². The maximum Gasteiger partial charge on any atom is 0.412 e. The van der Waals surface area contributed by atoms with Crippen molar-refractivity contribution in [2.24, 2.45) is 22.9 Å². The molecule has 2 aliphatic carbocycles. The third-order valence-electron chi connectivity index (χ3n) is 14.8. The molecule has 2 fully saturated rings. The summed E-state index contributed by atoms with van der Waals surface area (Å²) < 4.78 is 58.2. The molecule has 3 aromatic rings. The highest BCUT2D eigenvalue weighted by Crippen LogP contribution is 2.62. The summed E-state index contributed by atoms with van der Waals surface area (Å²) >= 11 is 0. The number of hydrogen-bond donors (Lipinski definition) is 3. The SMILES string of the molecule is C=CCO[C@@]12Oc3ccc(OC(=O)NCCCCCCCCCCCC)cc3[C@H]3[C@H](CCCCO)[C@@H](CCCCO)C=C(C(=NOC4CCCCO4)C[C@@H]1N(C)S(=O)(=O)c1cccc4cccnc14)[C@H]32. The van der Waals surface area contributed by atoms with Gasteiger partial charge in [-0.25, -0.2) is 13.2 Å². The van der Waals surface area contributed by atoms with Gasteiger partial charge >= 0.3 is 6.09 Å². The molecule has 3 N–H and O–H groups in total. The van der Waals surface area contributed by atoms with Crippen LogP contribution in [0.4, 0.5) is 4.79 Å². The van der Waals surface area contributed by atoms with Crippen LogP contribution in [-0.4, -0.2) is 97.9 Å². The molecule has 14 nitrogen and oxygen atoms in total. The number of carbonyl (C=O) groups excluding carboxylic acids is 1. The van der Waals surface area contributed by atoms with E-state index in [1.165, 1.54) is 49.3 Å². The monoisotopic (exact) mass is 987 g/mol. The molecule has 0 bridgehead atoms. The molecule has 0 spiro atoms. The minimum absolute atomic E-state index is 0.0191. The number of ether oxygens (including phenoxy) is 4. The normalized spacial score (nSPS) is 24.6. The fourth-order valence-electron chi connectivity index (χ4n) is 11.2. The lowest BCUT2D eigenvalue weighted by molar-refractivity contribution is -0.250. The number of nitrogens with one attached hydrogen (secondary N) is 1. The zero-order valence-corrected chi connectivity index (χ0v) is 42.4. The predicted octanol–water partition coefficient (Wildman–Crippen LogP) is 10.7. The van der Waals surface area contributed by atoms with Crippen LogP contribution in [0.15, 0.2) is 89.1 Å². The first-order chi connectivity index (χ1) is 34.2. The van der Waals surface area contributed by atoms with Gasteiger partial charge in [-0.1, -0.05) is 113 Å². The average Bonchev–Trinajstić information content (AvgIpc) is 3.37. The molecule has 7 atom stereocenters. The number of benzene rings is 2. The van der Waals surface area contributed by atoms with Gasteiger partial charge < -0.3 is 39.3 Å². The Morgan fingerprint density at radius 1 is 0.957 bits per heavy atom. The third kappa shape index (κ3) is 12.8. The van der Waals surface area contributed by atoms with Gasteiger partial charge in [0.05, 0.1) is 36.4 Å². The van der Waals surface area contributed by atoms with E-state index in [4.69, 9.17) is 28.9 Å². The van der Waals surface area contributed by atoms with Crippen molar-refractivity contribution in [3.05, 3.63) is 84.6 Å². The average molecular weight is 987 g/mol. The molecule has 7 rings (SSSR count). The molecule has 384 valence electrons. The number of rotatable bonds is 28. The van der Waals surface area contributed by atoms with E-state index in [2.05, 4.69) is 29.9 Å². The summed E-state index contributed by atoms with van der Waals surface area (Å²) in [5, 5.41) is 28.5. The van der Waals surface area contributed by atoms with Crippen molar-refractivity contribution < 1.29 is 47.2 Å². The van der Waals surface area contributed by atoms with E-state index in [0.29, 0.717) is 60.5 Å². The number of aliphatic hydroxyl groups excluding tert-OH is 2. The quantitative estimate of drug-likeness (QED) is 0.0358. The van der Waals surface area contributed by atoms with Gasteiger partial charge in [0.15, 0.2) is 0 Å². The third-order valence-corrected chi connectivity index (χ3v) is 16.7. The lowest BCUT2D eigenvalue weighted by Gasteiger charge is -2.59. The number of carbonyl (C=O) groups is 1. The first kappa shape index (κ1) is 53.4. The van der Waals surface area contributed by atoms with E-state index in [1.54, 1.807) is 49.7 Å². The molecule has 2 aromatic carbocycles. The van der Waals surface area contributed by atoms with E-state index in [-0.39, 0.29) is 48.9 Å². The Kier molecular flexibility index (Phi) is 20.1. The van der Waals surface area contributed by atoms with Crippen LogP contribution in [-0.2, 0) is 24.3 Å². The zero-order chi connectivity index (χ0) is 49.4. The molecule has 15 heteroatoms. The second-order valence-electron chi connectivity index (χ2n) is 19.5. The molecule has 70 heavy (non-hydrogen) atoms. The number of nitrogens with zero attached hydrogens (tertiary/aromatic N) is 3. The maximum absolute atomic E-state index is 15.3. The van der Waals surface area contributed by atoms with Gasteiger partial charge in [-0.15, -0.1) is 6.58 Å². The highest BCUT2D eigenvalue weighted by atomic mass is 32.2. The van der Waals surface area contributed by atoms with E-state index < -0.39 is 40.2 Å². The van der Waals surface area contributed by atoms with Gasteiger partial charge in [0.1, 0.15) is 16.4 Å². The van der Waals surface area contributed by atoms with Gasteiger partial charge in [-0.05, 0) is 92.7 Å². The van der Waals surface area contributed by atoms with Crippen molar-refractivity contribution in [2.45, 2.75) is 164 Å². The lowest BCUT2D eigenvalue weighted by Crippen LogP contribution is -2.69. The van der Waals surface area contributed by atoms with E-state index in [0.717, 1.165) is 68.9 Å². The number of aromatic nitrogens is 1. The number of para-hydroxylation sites is 1. The standard InChI is InChI=1S/C55H78N4O10S/c1-4-6-7-8-9-10-11-12-13-17-31-57-54(62)67-42-29-30-47-45(38-42)51-43(26-15-19-34-61)41(23-14-18-33-60)37-44-46(58-69-50-28-16-20-36-65-50)39-49(55(68-47,52(44)51)66-35-5-2)59(3)70(63,64)48-27-21-24-40-25-22-32-56-53(40)48/h5,21-22,24-25,27,29-30,32,37-38,41,43,49-52,60-61H,2,4,6-20,23,26,28,31,33-36,39H2,1,3H3,(H,57,62)/t41-,43+,49-,50?,51+,52+,55+/m0/s1. The molecule has 1 amide bonds. The summed E-state index contributed by atoms with van der Waals surface area (Å²) in [5.41, 5.74) is 2.55. The second-order valence-corrected chi connectivity index (χ2v) is 21.5. The van der Waals surface area contributed by atoms with Crippen LogP contribution in [0.1, 0.15) is 147 Å². The second kappa shape index (κ2) is 26.4. The summed E-state index contributed by atoms with van der Waals surface area (Å²) in [6, 6.07) is 13.2. The Hall–Kier alpha value is -4.38. The highest BCUT2D eigenvalue weighted by Gasteiger charge is 2.66. The number of fused-ring (bicyclic) bond motifs is 3. The first-order valence-electron chi connectivity index (χ1n) is 26.3. The summed E-state index contributed by atoms with van der Waals surface area (Å²) in [6.45, 7) is 7.47. The van der Waals surface area contributed by atoms with Crippen LogP contribution in [0, 0.1) is 17.8 Å². The number of oxime groups is 1. The molecule has 1 saturated carbocycles. The van der Waals surface area contributed by atoms with Crippen LogP contribution in [0.2, 0.25) is 0 Å². The fourth-order valence-corrected chi connectivity index (χ4v) is 12.8. The number of allylic oxidation sites excluding steroid dienone is 1. The molecule has 1 saturated heterocycles. The Bertz CT molecular complexity index is 2330. The summed E-state index contributed by atoms with van der Waals surface area (Å²) in [6.07, 6.45) is 23.2. The Labute approximate surface area is 416 Å². The van der Waals surface area contributed by atoms with Crippen LogP contribution < -0.4 is 14.8 Å². The van der Waals surface area contributed by atoms with Gasteiger partial charge in [0, 0.05) is 62.7 Å². The number of hydrogen-bond acceptors (Lipinski definition) is 12. The summed E-state index contributed by atoms with van der Waals surface area (Å²) in [4.78, 5) is 24.2. The van der Waals surface area contributed by atoms with Gasteiger partial charge in [-0.3, -0.25) is 4.98 Å². The number of sulfonamides is 1. The highest BCUT2D eigenvalue weighted by molar-refractivity contribution is 7.89. The molecule has 4 aliphatic rings. The van der Waals surface area contributed by atoms with E-state index >= 15 is 8.42 Å². The minimum Gasteiger partial charge on any atom is -0.460 e. The molecular formula is C55H78N4O10S. The number of likely N-dealkylation sites (N-methyl/N-ethyl adjacent to an activating group) is 1. The van der Waals surface area contributed by atoms with Crippen LogP contribution >= 0.6 is 0 Å². The fraction of sp³-hybridized carbons (Fsp3) is 0.618. The van der Waals surface area contributed by atoms with Gasteiger partial charge in [-0.2, -0.15) is 4.31 Å². The molecule has 2 aliphatic heterocycles. The minimum atomic E-state index is -4.31. The molecular weight excluding hydrogens is 909 g/mol. The maximum atomic E-state index is 15.3. The Balaban J connectivity index is 1.28. The molecule has 0 radical (unpaired) electrons. The molecule has 1 unspecified atom stereocenters. The number of pyridine rings is 1. The Morgan fingerprint density at radius 2 is 1.70 bits per heavy atom. The first-order valence-corrected chi connectivity index (χ1v) is 27.7. The largest absolute Gasteiger partial charge is 0.460 e. The van der Waals surface area contributed by atoms with E-state index in [1.807, 2.05) is 18.2 Å². The van der Waals surface area contributed by atoms with E-state index in [9.17, 15) is 15.0 Å². The van der Waals surface area contributed by atoms with Crippen LogP contribution in [0.25, 0.3) is 10.9 Å². The number of aliphatic hydroxyl groups is 2. The molecule has 3 heterocycles. The Morgan fingerprint density at radius 3 is 2.43 bits per heavy atom. The van der Waals surface area contributed by atoms with Crippen molar-refractivity contribution in [2.75, 3.05) is 40.0 Å². The van der Waals surface area contributed by atoms with Crippen molar-refractivity contribution >= 4 is 32.7 Å². The van der Waals surface area contributed by atoms with Crippen molar-refractivity contribution in [1.82, 2.24) is 14.6 Å². The summed E-state index contributed by atoms with van der Waals surface area (Å²) in [7, 11) is -2.74. The van der Waals surface area contributed by atoms with Crippen molar-refractivity contribution in [3.63, 3.8) is 0 Å². The lowest BCUT2D eigenvalue weighted by atomic mass is 9.55. The van der Waals surface area contributed by atoms with Crippen LogP contribution in [0.5, 0.6) is 11.5 Å². The van der Waals surface area contributed by atoms with Crippen LogP contribution in [0.3, 0.4) is 0 Å².